The highest BCUT2D eigenvalue weighted by Crippen LogP contribution is 2.68. The van der Waals surface area contributed by atoms with Crippen molar-refractivity contribution < 1.29 is 49.1 Å². The second kappa shape index (κ2) is 14.2. The highest BCUT2D eigenvalue weighted by molar-refractivity contribution is 7.92. The molecule has 1 saturated heterocycles. The summed E-state index contributed by atoms with van der Waals surface area (Å²) in [6.07, 6.45) is -4.43. The number of anilines is 1. The molecule has 8 rings (SSSR count). The van der Waals surface area contributed by atoms with Crippen LogP contribution in [0.5, 0.6) is 0 Å². The molecule has 21 heteroatoms. The molecule has 12 nitrogen and oxygen atoms in total. The third-order valence-electron chi connectivity index (χ3n) is 10.5. The van der Waals surface area contributed by atoms with Crippen molar-refractivity contribution in [1.82, 2.24) is 35.2 Å². The number of nitrogens with zero attached hydrogens (tertiary/aromatic N) is 5. The first-order chi connectivity index (χ1) is 27.6. The van der Waals surface area contributed by atoms with Crippen molar-refractivity contribution in [2.45, 2.75) is 55.5 Å². The van der Waals surface area contributed by atoms with Gasteiger partial charge < -0.3 is 15.7 Å². The van der Waals surface area contributed by atoms with Crippen LogP contribution in [0.2, 0.25) is 5.02 Å². The summed E-state index contributed by atoms with van der Waals surface area (Å²) in [6, 6.07) is 7.23. The number of benzene rings is 2. The lowest BCUT2D eigenvalue weighted by atomic mass is 9.93. The number of sulfonamides is 1. The Morgan fingerprint density at radius 1 is 1.12 bits per heavy atom. The lowest BCUT2D eigenvalue weighted by molar-refractivity contribution is -0.142. The third-order valence-corrected chi connectivity index (χ3v) is 11.4. The number of aryl methyl sites for hydroxylation is 1. The fraction of sp³-hybridized carbons (Fsp3) is 0.368. The van der Waals surface area contributed by atoms with Gasteiger partial charge in [-0.2, -0.15) is 32.1 Å². The summed E-state index contributed by atoms with van der Waals surface area (Å²) >= 11 is 6.58. The van der Waals surface area contributed by atoms with Crippen LogP contribution in [0.25, 0.3) is 22.0 Å². The number of aromatic nitrogens is 5. The summed E-state index contributed by atoms with van der Waals surface area (Å²) < 4.78 is 131. The molecule has 1 amide bonds. The van der Waals surface area contributed by atoms with Crippen molar-refractivity contribution in [3.63, 3.8) is 0 Å². The number of alkyl halides is 5. The molecule has 4 N–H and O–H groups in total. The number of halogens is 8. The second-order valence-corrected chi connectivity index (χ2v) is 17.1. The second-order valence-electron chi connectivity index (χ2n) is 14.9. The average Bonchev–Trinajstić information content (AvgIpc) is 3.35. The number of aliphatic hydroxyl groups is 1. The van der Waals surface area contributed by atoms with Crippen LogP contribution in [0.15, 0.2) is 42.5 Å². The van der Waals surface area contributed by atoms with E-state index in [1.54, 1.807) is 6.07 Å². The monoisotopic (exact) mass is 864 g/mol. The Bertz CT molecular complexity index is 2720. The van der Waals surface area contributed by atoms with E-state index in [0.717, 1.165) is 18.4 Å². The molecule has 3 aliphatic rings. The third kappa shape index (κ3) is 7.72. The average molecular weight is 865 g/mol. The lowest BCUT2D eigenvalue weighted by Crippen LogP contribution is -2.35. The van der Waals surface area contributed by atoms with Gasteiger partial charge in [-0.05, 0) is 67.1 Å². The summed E-state index contributed by atoms with van der Waals surface area (Å²) in [5.74, 6) is -3.65. The number of hydrogen-bond acceptors (Lipinski definition) is 8. The molecule has 4 heterocycles. The zero-order chi connectivity index (χ0) is 42.4. The van der Waals surface area contributed by atoms with Gasteiger partial charge in [0.25, 0.3) is 5.92 Å². The van der Waals surface area contributed by atoms with Crippen molar-refractivity contribution in [3.05, 3.63) is 93.0 Å². The van der Waals surface area contributed by atoms with Crippen molar-refractivity contribution in [3.8, 4) is 23.0 Å². The van der Waals surface area contributed by atoms with Crippen LogP contribution in [0, 0.1) is 29.4 Å². The molecule has 1 aliphatic heterocycles. The van der Waals surface area contributed by atoms with E-state index in [-0.39, 0.29) is 57.2 Å². The number of carbonyl (C=O) groups excluding carboxylic acids is 1. The Labute approximate surface area is 336 Å². The maximum absolute atomic E-state index is 15.4. The molecule has 0 radical (unpaired) electrons. The van der Waals surface area contributed by atoms with E-state index in [9.17, 15) is 40.3 Å². The largest absolute Gasteiger partial charge is 0.435 e. The van der Waals surface area contributed by atoms with Crippen molar-refractivity contribution >= 4 is 44.3 Å². The number of pyridine rings is 1. The van der Waals surface area contributed by atoms with Gasteiger partial charge in [0.1, 0.15) is 35.2 Å². The van der Waals surface area contributed by atoms with E-state index in [1.807, 2.05) is 0 Å². The van der Waals surface area contributed by atoms with E-state index in [1.165, 1.54) is 29.9 Å². The van der Waals surface area contributed by atoms with Crippen LogP contribution in [-0.2, 0) is 46.9 Å². The molecule has 1 saturated carbocycles. The first-order valence-electron chi connectivity index (χ1n) is 18.0. The fourth-order valence-corrected chi connectivity index (χ4v) is 8.73. The van der Waals surface area contributed by atoms with Gasteiger partial charge in [-0.3, -0.25) is 18.9 Å². The molecule has 2 aliphatic carbocycles. The minimum absolute atomic E-state index is 0.00392. The molecule has 4 atom stereocenters. The van der Waals surface area contributed by atoms with E-state index >= 15 is 8.78 Å². The molecule has 2 fully saturated rings. The van der Waals surface area contributed by atoms with E-state index in [0.29, 0.717) is 29.3 Å². The molecule has 3 aromatic heterocycles. The Kier molecular flexibility index (Phi) is 9.76. The van der Waals surface area contributed by atoms with Gasteiger partial charge >= 0.3 is 6.18 Å². The Balaban J connectivity index is 1.28. The predicted octanol–water partition coefficient (Wildman–Crippen LogP) is 5.54. The van der Waals surface area contributed by atoms with E-state index < -0.39 is 93.1 Å². The standard InChI is InChI=1S/C38H32ClF7N8O4S/c1-53-32-23(5-6-26(39)30(32)35(51-53)52-59(2,57)58)22-4-3-21(7-8-36(56)9-10-47-17-36)48-31(22)27(13-18-11-19(40)14-20(41)12-18)49-28(55)16-54-34-29(33(50-54)38(44,45)46)24-15-25(24)37(34,42)43/h3-6,11-12,14,24-25,27,47,56H,9-10,13,15-17H2,1-2H3,(H,49,55)(H,51,52)/t24-,25+,27-,36?/m0/s1. The molecular weight excluding hydrogens is 833 g/mol. The Morgan fingerprint density at radius 2 is 1.83 bits per heavy atom. The molecule has 5 aromatic rings. The van der Waals surface area contributed by atoms with Crippen LogP contribution >= 0.6 is 11.6 Å². The number of rotatable bonds is 9. The molecule has 1 unspecified atom stereocenters. The van der Waals surface area contributed by atoms with Crippen molar-refractivity contribution in [2.24, 2.45) is 13.0 Å². The molecular formula is C38H32ClF7N8O4S. The van der Waals surface area contributed by atoms with Gasteiger partial charge in [0.05, 0.1) is 33.9 Å². The quantitative estimate of drug-likeness (QED) is 0.111. The summed E-state index contributed by atoms with van der Waals surface area (Å²) in [5.41, 5.74) is -3.72. The van der Waals surface area contributed by atoms with Crippen molar-refractivity contribution in [2.75, 3.05) is 24.1 Å². The highest BCUT2D eigenvalue weighted by Gasteiger charge is 2.68. The van der Waals surface area contributed by atoms with E-state index in [4.69, 9.17) is 16.6 Å². The number of carbonyl (C=O) groups is 1. The topological polar surface area (TPSA) is 156 Å². The fourth-order valence-electron chi connectivity index (χ4n) is 8.00. The zero-order valence-electron chi connectivity index (χ0n) is 30.9. The summed E-state index contributed by atoms with van der Waals surface area (Å²) in [7, 11) is -2.35. The molecule has 2 aromatic carbocycles. The minimum atomic E-state index is -5.09. The van der Waals surface area contributed by atoms with Gasteiger partial charge in [-0.1, -0.05) is 23.6 Å². The Morgan fingerprint density at radius 3 is 2.49 bits per heavy atom. The normalized spacial score (nSPS) is 21.1. The van der Waals surface area contributed by atoms with Crippen LogP contribution in [0.1, 0.15) is 58.7 Å². The van der Waals surface area contributed by atoms with Gasteiger partial charge in [-0.25, -0.2) is 22.2 Å². The smallest absolute Gasteiger partial charge is 0.376 e. The number of nitrogens with one attached hydrogen (secondary N) is 3. The van der Waals surface area contributed by atoms with Gasteiger partial charge in [0.2, 0.25) is 15.9 Å². The highest BCUT2D eigenvalue weighted by atomic mass is 35.5. The van der Waals surface area contributed by atoms with Gasteiger partial charge in [0.15, 0.2) is 11.5 Å². The maximum atomic E-state index is 15.4. The zero-order valence-corrected chi connectivity index (χ0v) is 32.4. The summed E-state index contributed by atoms with van der Waals surface area (Å²) in [4.78, 5) is 18.7. The predicted molar refractivity (Wildman–Crippen MR) is 200 cm³/mol. The first kappa shape index (κ1) is 40.5. The van der Waals surface area contributed by atoms with Crippen LogP contribution in [0.3, 0.4) is 0 Å². The first-order valence-corrected chi connectivity index (χ1v) is 20.3. The minimum Gasteiger partial charge on any atom is -0.376 e. The summed E-state index contributed by atoms with van der Waals surface area (Å²) in [5, 5.41) is 24.6. The van der Waals surface area contributed by atoms with Gasteiger partial charge in [0, 0.05) is 48.7 Å². The van der Waals surface area contributed by atoms with E-state index in [2.05, 4.69) is 37.4 Å². The van der Waals surface area contributed by atoms with Gasteiger partial charge in [-0.15, -0.1) is 0 Å². The molecule has 0 bridgehead atoms. The maximum Gasteiger partial charge on any atom is 0.435 e. The summed E-state index contributed by atoms with van der Waals surface area (Å²) in [6.45, 7) is -0.439. The van der Waals surface area contributed by atoms with Crippen LogP contribution in [-0.4, -0.2) is 68.9 Å². The van der Waals surface area contributed by atoms with Crippen LogP contribution in [0.4, 0.5) is 36.6 Å². The molecule has 310 valence electrons. The Hall–Kier alpha value is -5.23. The van der Waals surface area contributed by atoms with Crippen LogP contribution < -0.4 is 15.4 Å². The number of β-amino-alcohol motifs (C(OH)–C–C–N with tert-alkyl or cyclic N) is 1. The number of hydrogen-bond donors (Lipinski definition) is 4. The van der Waals surface area contributed by atoms with Crippen molar-refractivity contribution in [1.29, 1.82) is 0 Å². The molecule has 0 spiro atoms. The lowest BCUT2D eigenvalue weighted by Gasteiger charge is -2.23. The molecule has 59 heavy (non-hydrogen) atoms. The number of amides is 1. The SMILES string of the molecule is Cn1nc(NS(C)(=O)=O)c2c(Cl)ccc(-c3ccc(C#CC4(O)CCNC4)nc3[C@H](Cc3cc(F)cc(F)c3)NC(=O)Cn3nc(C(F)(F)F)c4c3C(F)(F)[C@@H]3C[C@H]43)c21. The number of fused-ring (bicyclic) bond motifs is 4.